The molecular formula is C12H14FNO4. The predicted molar refractivity (Wildman–Crippen MR) is 61.8 cm³/mol. The van der Waals surface area contributed by atoms with Crippen molar-refractivity contribution in [3.8, 4) is 0 Å². The van der Waals surface area contributed by atoms with Crippen molar-refractivity contribution in [3.63, 3.8) is 0 Å². The van der Waals surface area contributed by atoms with E-state index in [0.29, 0.717) is 6.61 Å². The third-order valence-electron chi connectivity index (χ3n) is 2.21. The van der Waals surface area contributed by atoms with E-state index in [1.807, 2.05) is 0 Å². The maximum absolute atomic E-state index is 13.3. The van der Waals surface area contributed by atoms with Crippen LogP contribution in [0.3, 0.4) is 0 Å². The Labute approximate surface area is 104 Å². The monoisotopic (exact) mass is 255 g/mol. The van der Waals surface area contributed by atoms with Gasteiger partial charge in [-0.1, -0.05) is 12.1 Å². The van der Waals surface area contributed by atoms with Crippen molar-refractivity contribution in [2.45, 2.75) is 13.0 Å². The Morgan fingerprint density at radius 3 is 2.67 bits per heavy atom. The molecular weight excluding hydrogens is 241 g/mol. The van der Waals surface area contributed by atoms with Gasteiger partial charge < -0.3 is 15.2 Å². The molecule has 0 fully saturated rings. The van der Waals surface area contributed by atoms with Gasteiger partial charge in [-0.05, 0) is 19.1 Å². The second kappa shape index (κ2) is 6.70. The maximum atomic E-state index is 13.3. The number of carbonyl (C=O) groups excluding carboxylic acids is 1. The number of halogens is 1. The maximum Gasteiger partial charge on any atom is 0.328 e. The van der Waals surface area contributed by atoms with Gasteiger partial charge in [-0.15, -0.1) is 0 Å². The van der Waals surface area contributed by atoms with Gasteiger partial charge in [0, 0.05) is 6.61 Å². The lowest BCUT2D eigenvalue weighted by Crippen LogP contribution is -2.44. The number of rotatable bonds is 6. The zero-order valence-corrected chi connectivity index (χ0v) is 9.85. The van der Waals surface area contributed by atoms with E-state index in [-0.39, 0.29) is 12.2 Å². The molecule has 0 radical (unpaired) electrons. The fraction of sp³-hybridized carbons (Fsp3) is 0.333. The number of aliphatic carboxylic acids is 1. The number of carboxylic acids is 1. The first-order valence-corrected chi connectivity index (χ1v) is 5.42. The van der Waals surface area contributed by atoms with Gasteiger partial charge in [0.25, 0.3) is 5.91 Å². The standard InChI is InChI=1S/C12H14FNO4/c1-2-18-7-10(12(16)17)14-11(15)8-5-3-4-6-9(8)13/h3-6,10H,2,7H2,1H3,(H,14,15)(H,16,17)/t10-/m0/s1. The third kappa shape index (κ3) is 3.81. The van der Waals surface area contributed by atoms with Crippen molar-refractivity contribution in [2.24, 2.45) is 0 Å². The van der Waals surface area contributed by atoms with Gasteiger partial charge in [-0.25, -0.2) is 9.18 Å². The SMILES string of the molecule is CCOC[C@H](NC(=O)c1ccccc1F)C(=O)O. The zero-order valence-electron chi connectivity index (χ0n) is 9.85. The highest BCUT2D eigenvalue weighted by molar-refractivity contribution is 5.96. The van der Waals surface area contributed by atoms with Gasteiger partial charge in [0.1, 0.15) is 5.82 Å². The van der Waals surface area contributed by atoms with E-state index in [2.05, 4.69) is 5.32 Å². The number of benzene rings is 1. The Morgan fingerprint density at radius 1 is 1.44 bits per heavy atom. The Balaban J connectivity index is 2.72. The molecule has 0 saturated heterocycles. The minimum absolute atomic E-state index is 0.161. The molecule has 0 heterocycles. The topological polar surface area (TPSA) is 75.6 Å². The molecule has 1 atom stereocenters. The van der Waals surface area contributed by atoms with E-state index in [0.717, 1.165) is 6.07 Å². The molecule has 0 aliphatic rings. The van der Waals surface area contributed by atoms with Crippen LogP contribution in [0.15, 0.2) is 24.3 Å². The fourth-order valence-electron chi connectivity index (χ4n) is 1.29. The zero-order chi connectivity index (χ0) is 13.5. The van der Waals surface area contributed by atoms with E-state index in [1.54, 1.807) is 6.92 Å². The summed E-state index contributed by atoms with van der Waals surface area (Å²) >= 11 is 0. The molecule has 98 valence electrons. The van der Waals surface area contributed by atoms with Gasteiger partial charge in [0.15, 0.2) is 6.04 Å². The van der Waals surface area contributed by atoms with Crippen LogP contribution in [0.5, 0.6) is 0 Å². The summed E-state index contributed by atoms with van der Waals surface area (Å²) in [5, 5.41) is 11.1. The number of carbonyl (C=O) groups is 2. The number of amides is 1. The summed E-state index contributed by atoms with van der Waals surface area (Å²) in [6, 6.07) is 4.16. The van der Waals surface area contributed by atoms with Crippen molar-refractivity contribution in [1.29, 1.82) is 0 Å². The van der Waals surface area contributed by atoms with E-state index >= 15 is 0 Å². The number of hydrogen-bond acceptors (Lipinski definition) is 3. The van der Waals surface area contributed by atoms with Gasteiger partial charge in [-0.3, -0.25) is 4.79 Å². The summed E-state index contributed by atoms with van der Waals surface area (Å²) in [4.78, 5) is 22.5. The van der Waals surface area contributed by atoms with Gasteiger partial charge in [0.2, 0.25) is 0 Å². The fourth-order valence-corrected chi connectivity index (χ4v) is 1.29. The molecule has 6 heteroatoms. The first-order chi connectivity index (χ1) is 8.56. The second-order valence-electron chi connectivity index (χ2n) is 3.50. The lowest BCUT2D eigenvalue weighted by molar-refractivity contribution is -0.140. The summed E-state index contributed by atoms with van der Waals surface area (Å²) in [6.45, 7) is 1.88. The third-order valence-corrected chi connectivity index (χ3v) is 2.21. The minimum Gasteiger partial charge on any atom is -0.480 e. The molecule has 1 aromatic rings. The average molecular weight is 255 g/mol. The highest BCUT2D eigenvalue weighted by Crippen LogP contribution is 2.06. The molecule has 0 aliphatic heterocycles. The van der Waals surface area contributed by atoms with E-state index in [9.17, 15) is 14.0 Å². The molecule has 0 aromatic heterocycles. The van der Waals surface area contributed by atoms with Crippen molar-refractivity contribution < 1.29 is 23.8 Å². The molecule has 1 amide bonds. The van der Waals surface area contributed by atoms with Gasteiger partial charge in [0.05, 0.1) is 12.2 Å². The molecule has 5 nitrogen and oxygen atoms in total. The lowest BCUT2D eigenvalue weighted by Gasteiger charge is -2.14. The summed E-state index contributed by atoms with van der Waals surface area (Å²) in [6.07, 6.45) is 0. The van der Waals surface area contributed by atoms with Crippen LogP contribution in [0.4, 0.5) is 4.39 Å². The van der Waals surface area contributed by atoms with Crippen LogP contribution in [0.1, 0.15) is 17.3 Å². The summed E-state index contributed by atoms with van der Waals surface area (Å²) in [5.74, 6) is -2.70. The molecule has 0 saturated carbocycles. The normalized spacial score (nSPS) is 11.9. The molecule has 1 rings (SSSR count). The van der Waals surface area contributed by atoms with Crippen LogP contribution >= 0.6 is 0 Å². The summed E-state index contributed by atoms with van der Waals surface area (Å²) in [5.41, 5.74) is -0.194. The molecule has 2 N–H and O–H groups in total. The van der Waals surface area contributed by atoms with Crippen LogP contribution in [0, 0.1) is 5.82 Å². The molecule has 0 spiro atoms. The van der Waals surface area contributed by atoms with E-state index in [1.165, 1.54) is 18.2 Å². The Morgan fingerprint density at radius 2 is 2.11 bits per heavy atom. The van der Waals surface area contributed by atoms with E-state index in [4.69, 9.17) is 9.84 Å². The Bertz CT molecular complexity index is 436. The molecule has 18 heavy (non-hydrogen) atoms. The first kappa shape index (κ1) is 14.1. The van der Waals surface area contributed by atoms with Crippen molar-refractivity contribution >= 4 is 11.9 Å². The van der Waals surface area contributed by atoms with Crippen molar-refractivity contribution in [3.05, 3.63) is 35.6 Å². The first-order valence-electron chi connectivity index (χ1n) is 5.42. The van der Waals surface area contributed by atoms with Gasteiger partial charge >= 0.3 is 5.97 Å². The van der Waals surface area contributed by atoms with E-state index < -0.39 is 23.7 Å². The molecule has 1 aromatic carbocycles. The summed E-state index contributed by atoms with van der Waals surface area (Å²) < 4.78 is 18.2. The quantitative estimate of drug-likeness (QED) is 0.796. The van der Waals surface area contributed by atoms with Crippen LogP contribution < -0.4 is 5.32 Å². The molecule has 0 bridgehead atoms. The molecule has 0 aliphatic carbocycles. The largest absolute Gasteiger partial charge is 0.480 e. The number of ether oxygens (including phenoxy) is 1. The smallest absolute Gasteiger partial charge is 0.328 e. The Kier molecular flexibility index (Phi) is 5.26. The van der Waals surface area contributed by atoms with Crippen LogP contribution in [0.25, 0.3) is 0 Å². The highest BCUT2D eigenvalue weighted by Gasteiger charge is 2.22. The van der Waals surface area contributed by atoms with Crippen LogP contribution in [0.2, 0.25) is 0 Å². The van der Waals surface area contributed by atoms with Crippen molar-refractivity contribution in [1.82, 2.24) is 5.32 Å². The molecule has 0 unspecified atom stereocenters. The van der Waals surface area contributed by atoms with Gasteiger partial charge in [-0.2, -0.15) is 0 Å². The average Bonchev–Trinajstić information content (AvgIpc) is 2.34. The number of carboxylic acid groups (broad SMARTS) is 1. The summed E-state index contributed by atoms with van der Waals surface area (Å²) in [7, 11) is 0. The number of hydrogen-bond donors (Lipinski definition) is 2. The number of nitrogens with one attached hydrogen (secondary N) is 1. The van der Waals surface area contributed by atoms with Crippen LogP contribution in [-0.2, 0) is 9.53 Å². The highest BCUT2D eigenvalue weighted by atomic mass is 19.1. The van der Waals surface area contributed by atoms with Crippen molar-refractivity contribution in [2.75, 3.05) is 13.2 Å². The minimum atomic E-state index is -1.23. The lowest BCUT2D eigenvalue weighted by atomic mass is 10.2. The Hall–Kier alpha value is -1.95. The van der Waals surface area contributed by atoms with Crippen LogP contribution in [-0.4, -0.2) is 36.2 Å². The second-order valence-corrected chi connectivity index (χ2v) is 3.50. The predicted octanol–water partition coefficient (Wildman–Crippen LogP) is 1.05.